The molecule has 2 N–H and O–H groups in total. The Hall–Kier alpha value is -0.220. The van der Waals surface area contributed by atoms with Crippen LogP contribution in [0.1, 0.15) is 32.6 Å². The normalized spacial score (nSPS) is 29.1. The van der Waals surface area contributed by atoms with E-state index < -0.39 is 19.1 Å². The van der Waals surface area contributed by atoms with Crippen LogP contribution in [0.2, 0.25) is 0 Å². The molecule has 0 unspecified atom stereocenters. The number of ether oxygens (including phenoxy) is 1. The van der Waals surface area contributed by atoms with Crippen LogP contribution in [0.3, 0.4) is 0 Å². The van der Waals surface area contributed by atoms with Crippen LogP contribution in [0.5, 0.6) is 0 Å². The van der Waals surface area contributed by atoms with Crippen molar-refractivity contribution in [1.82, 2.24) is 0 Å². The van der Waals surface area contributed by atoms with E-state index >= 15 is 0 Å². The number of hydrogen-bond donors (Lipinski definition) is 1. The minimum absolute atomic E-state index is 0.0172. The van der Waals surface area contributed by atoms with E-state index in [1.54, 1.807) is 0 Å². The molecule has 1 aliphatic carbocycles. The molecule has 0 heterocycles. The summed E-state index contributed by atoms with van der Waals surface area (Å²) in [6, 6.07) is 0. The number of hydrogen-bond acceptors (Lipinski definition) is 2. The Morgan fingerprint density at radius 2 is 1.86 bits per heavy atom. The molecule has 0 spiro atoms. The van der Waals surface area contributed by atoms with Gasteiger partial charge in [-0.2, -0.15) is 0 Å². The van der Waals surface area contributed by atoms with Gasteiger partial charge in [-0.15, -0.1) is 0 Å². The van der Waals surface area contributed by atoms with Gasteiger partial charge < -0.3 is 10.5 Å². The Balaban J connectivity index is 2.19. The molecule has 4 heteroatoms. The summed E-state index contributed by atoms with van der Waals surface area (Å²) in [4.78, 5) is 0. The summed E-state index contributed by atoms with van der Waals surface area (Å²) in [5, 5.41) is 0. The summed E-state index contributed by atoms with van der Waals surface area (Å²) >= 11 is 0. The quantitative estimate of drug-likeness (QED) is 0.766. The van der Waals surface area contributed by atoms with Gasteiger partial charge in [-0.25, -0.2) is 8.78 Å². The first-order valence-electron chi connectivity index (χ1n) is 5.23. The molecule has 0 radical (unpaired) electrons. The van der Waals surface area contributed by atoms with E-state index in [2.05, 4.69) is 6.92 Å². The molecular formula is C10H19F2NO. The third kappa shape index (κ3) is 3.88. The molecule has 0 aromatic carbocycles. The lowest BCUT2D eigenvalue weighted by Crippen LogP contribution is -2.35. The summed E-state index contributed by atoms with van der Waals surface area (Å²) in [6.45, 7) is 1.03. The Bertz CT molecular complexity index is 168. The van der Waals surface area contributed by atoms with E-state index in [1.807, 2.05) is 0 Å². The van der Waals surface area contributed by atoms with E-state index in [-0.39, 0.29) is 6.10 Å². The fourth-order valence-corrected chi connectivity index (χ4v) is 1.69. The van der Waals surface area contributed by atoms with Gasteiger partial charge in [0.15, 0.2) is 0 Å². The molecule has 0 aromatic rings. The second-order valence-corrected chi connectivity index (χ2v) is 4.25. The first-order chi connectivity index (χ1) is 6.53. The molecule has 0 saturated heterocycles. The van der Waals surface area contributed by atoms with Crippen molar-refractivity contribution >= 4 is 0 Å². The largest absolute Gasteiger partial charge is 0.372 e. The van der Waals surface area contributed by atoms with Crippen molar-refractivity contribution in [2.24, 2.45) is 11.7 Å². The van der Waals surface area contributed by atoms with Gasteiger partial charge in [0.2, 0.25) is 0 Å². The zero-order valence-electron chi connectivity index (χ0n) is 8.64. The van der Waals surface area contributed by atoms with E-state index in [0.717, 1.165) is 25.7 Å². The highest BCUT2D eigenvalue weighted by Crippen LogP contribution is 2.26. The van der Waals surface area contributed by atoms with Gasteiger partial charge in [-0.05, 0) is 31.6 Å². The van der Waals surface area contributed by atoms with Gasteiger partial charge in [0.1, 0.15) is 6.61 Å². The molecule has 14 heavy (non-hydrogen) atoms. The second kappa shape index (κ2) is 5.03. The van der Waals surface area contributed by atoms with Gasteiger partial charge in [0.05, 0.1) is 12.6 Å². The van der Waals surface area contributed by atoms with Crippen LogP contribution in [0.4, 0.5) is 8.78 Å². The molecule has 1 fully saturated rings. The predicted octanol–water partition coefficient (Wildman–Crippen LogP) is 2.18. The Morgan fingerprint density at radius 3 is 2.36 bits per heavy atom. The lowest BCUT2D eigenvalue weighted by molar-refractivity contribution is -0.101. The van der Waals surface area contributed by atoms with Crippen molar-refractivity contribution in [2.45, 2.75) is 44.6 Å². The maximum atomic E-state index is 12.7. The van der Waals surface area contributed by atoms with Crippen LogP contribution in [0, 0.1) is 5.92 Å². The zero-order chi connectivity index (χ0) is 10.6. The van der Waals surface area contributed by atoms with E-state index in [4.69, 9.17) is 10.5 Å². The molecule has 1 aliphatic rings. The highest BCUT2D eigenvalue weighted by atomic mass is 19.3. The van der Waals surface area contributed by atoms with Crippen LogP contribution < -0.4 is 5.73 Å². The molecule has 0 amide bonds. The number of alkyl halides is 2. The van der Waals surface area contributed by atoms with Crippen molar-refractivity contribution < 1.29 is 13.5 Å². The molecule has 0 aliphatic heterocycles. The van der Waals surface area contributed by atoms with Gasteiger partial charge in [0.25, 0.3) is 5.92 Å². The van der Waals surface area contributed by atoms with Crippen molar-refractivity contribution in [3.8, 4) is 0 Å². The summed E-state index contributed by atoms with van der Waals surface area (Å²) in [5.74, 6) is -2.15. The first-order valence-corrected chi connectivity index (χ1v) is 5.23. The van der Waals surface area contributed by atoms with Crippen LogP contribution in [-0.4, -0.2) is 25.2 Å². The first kappa shape index (κ1) is 11.9. The van der Waals surface area contributed by atoms with Crippen LogP contribution in [0.15, 0.2) is 0 Å². The fourth-order valence-electron chi connectivity index (χ4n) is 1.69. The van der Waals surface area contributed by atoms with Gasteiger partial charge >= 0.3 is 0 Å². The maximum absolute atomic E-state index is 12.7. The minimum atomic E-state index is -2.86. The number of nitrogens with two attached hydrogens (primary N) is 1. The monoisotopic (exact) mass is 207 g/mol. The average Bonchev–Trinajstić information content (AvgIpc) is 2.17. The van der Waals surface area contributed by atoms with E-state index in [1.165, 1.54) is 0 Å². The lowest BCUT2D eigenvalue weighted by Gasteiger charge is -2.27. The summed E-state index contributed by atoms with van der Waals surface area (Å²) in [5.41, 5.74) is 4.91. The highest BCUT2D eigenvalue weighted by Gasteiger charge is 2.29. The van der Waals surface area contributed by atoms with E-state index in [9.17, 15) is 8.78 Å². The number of rotatable bonds is 4. The summed E-state index contributed by atoms with van der Waals surface area (Å²) in [6.07, 6.45) is 3.99. The second-order valence-electron chi connectivity index (χ2n) is 4.25. The highest BCUT2D eigenvalue weighted by molar-refractivity contribution is 4.72. The van der Waals surface area contributed by atoms with Crippen molar-refractivity contribution in [3.05, 3.63) is 0 Å². The summed E-state index contributed by atoms with van der Waals surface area (Å²) < 4.78 is 30.6. The third-order valence-electron chi connectivity index (χ3n) is 2.79. The fraction of sp³-hybridized carbons (Fsp3) is 1.00. The van der Waals surface area contributed by atoms with E-state index in [0.29, 0.717) is 5.92 Å². The minimum Gasteiger partial charge on any atom is -0.372 e. The predicted molar refractivity (Wildman–Crippen MR) is 51.4 cm³/mol. The maximum Gasteiger partial charge on any atom is 0.282 e. The molecular weight excluding hydrogens is 188 g/mol. The molecule has 2 nitrogen and oxygen atoms in total. The van der Waals surface area contributed by atoms with Crippen molar-refractivity contribution in [1.29, 1.82) is 0 Å². The Kier molecular flexibility index (Phi) is 4.26. The smallest absolute Gasteiger partial charge is 0.282 e. The van der Waals surface area contributed by atoms with Crippen molar-refractivity contribution in [2.75, 3.05) is 13.2 Å². The van der Waals surface area contributed by atoms with Gasteiger partial charge in [0, 0.05) is 0 Å². The van der Waals surface area contributed by atoms with Crippen LogP contribution in [-0.2, 0) is 4.74 Å². The van der Waals surface area contributed by atoms with Crippen LogP contribution in [0.25, 0.3) is 0 Å². The number of halogens is 2. The molecule has 84 valence electrons. The third-order valence-corrected chi connectivity index (χ3v) is 2.79. The zero-order valence-corrected chi connectivity index (χ0v) is 8.64. The Labute approximate surface area is 83.8 Å². The SMILES string of the molecule is CC1CCC(OCC(F)(F)CN)CC1. The van der Waals surface area contributed by atoms with Gasteiger partial charge in [-0.3, -0.25) is 0 Å². The molecule has 0 atom stereocenters. The molecule has 0 aromatic heterocycles. The molecule has 1 rings (SSSR count). The molecule has 0 bridgehead atoms. The standard InChI is InChI=1S/C10H19F2NO/c1-8-2-4-9(5-3-8)14-7-10(11,12)6-13/h8-9H,2-7,13H2,1H3. The molecule has 1 saturated carbocycles. The lowest BCUT2D eigenvalue weighted by atomic mass is 9.89. The summed E-state index contributed by atoms with van der Waals surface area (Å²) in [7, 11) is 0. The average molecular weight is 207 g/mol. The van der Waals surface area contributed by atoms with Crippen LogP contribution >= 0.6 is 0 Å². The Morgan fingerprint density at radius 1 is 1.29 bits per heavy atom. The van der Waals surface area contributed by atoms with Crippen molar-refractivity contribution in [3.63, 3.8) is 0 Å². The topological polar surface area (TPSA) is 35.2 Å². The van der Waals surface area contributed by atoms with Gasteiger partial charge in [-0.1, -0.05) is 6.92 Å².